The van der Waals surface area contributed by atoms with E-state index in [9.17, 15) is 0 Å². The Balaban J connectivity index is 2.14. The fraction of sp³-hybridized carbons (Fsp3) is 0.462. The van der Waals surface area contributed by atoms with Crippen molar-refractivity contribution < 1.29 is 0 Å². The second-order valence-corrected chi connectivity index (χ2v) is 4.32. The van der Waals surface area contributed by atoms with Crippen LogP contribution in [0, 0.1) is 0 Å². The average Bonchev–Trinajstić information content (AvgIpc) is 2.67. The molecule has 1 aromatic carbocycles. The van der Waals surface area contributed by atoms with Gasteiger partial charge in [-0.15, -0.1) is 0 Å². The van der Waals surface area contributed by atoms with Crippen molar-refractivity contribution in [3.8, 4) is 0 Å². The molecule has 0 bridgehead atoms. The van der Waals surface area contributed by atoms with Gasteiger partial charge >= 0.3 is 0 Å². The maximum absolute atomic E-state index is 4.38. The molecule has 0 amide bonds. The van der Waals surface area contributed by atoms with E-state index in [-0.39, 0.29) is 0 Å². The van der Waals surface area contributed by atoms with E-state index in [4.69, 9.17) is 0 Å². The average molecular weight is 217 g/mol. The standard InChI is InChI=1S/C13H19N3/c1-4-15(2)8-7-11-5-6-13-12(9-11)14-10-16(13)3/h5-6,9-10H,4,7-8H2,1-3H3. The lowest BCUT2D eigenvalue weighted by Crippen LogP contribution is -2.20. The van der Waals surface area contributed by atoms with Gasteiger partial charge in [0.15, 0.2) is 0 Å². The molecule has 0 radical (unpaired) electrons. The molecule has 0 saturated carbocycles. The number of likely N-dealkylation sites (N-methyl/N-ethyl adjacent to an activating group) is 1. The topological polar surface area (TPSA) is 21.1 Å². The first-order valence-electron chi connectivity index (χ1n) is 5.79. The van der Waals surface area contributed by atoms with E-state index in [0.717, 1.165) is 25.0 Å². The van der Waals surface area contributed by atoms with Crippen molar-refractivity contribution >= 4 is 11.0 Å². The van der Waals surface area contributed by atoms with E-state index in [2.05, 4.69) is 46.6 Å². The second kappa shape index (κ2) is 4.66. The number of rotatable bonds is 4. The predicted molar refractivity (Wildman–Crippen MR) is 67.6 cm³/mol. The summed E-state index contributed by atoms with van der Waals surface area (Å²) in [5, 5.41) is 0. The molecule has 0 N–H and O–H groups in total. The maximum Gasteiger partial charge on any atom is 0.0955 e. The zero-order valence-corrected chi connectivity index (χ0v) is 10.3. The number of benzene rings is 1. The largest absolute Gasteiger partial charge is 0.334 e. The van der Waals surface area contributed by atoms with Crippen LogP contribution >= 0.6 is 0 Å². The van der Waals surface area contributed by atoms with Crippen molar-refractivity contribution in [2.24, 2.45) is 7.05 Å². The summed E-state index contributed by atoms with van der Waals surface area (Å²) in [6, 6.07) is 6.55. The van der Waals surface area contributed by atoms with Crippen molar-refractivity contribution in [2.45, 2.75) is 13.3 Å². The minimum absolute atomic E-state index is 1.09. The lowest BCUT2D eigenvalue weighted by molar-refractivity contribution is 0.357. The van der Waals surface area contributed by atoms with Crippen LogP contribution in [0.4, 0.5) is 0 Å². The summed E-state index contributed by atoms with van der Waals surface area (Å²) in [7, 11) is 4.18. The van der Waals surface area contributed by atoms with E-state index in [1.54, 1.807) is 0 Å². The fourth-order valence-corrected chi connectivity index (χ4v) is 1.82. The molecule has 2 rings (SSSR count). The summed E-state index contributed by atoms with van der Waals surface area (Å²) >= 11 is 0. The van der Waals surface area contributed by atoms with Crippen molar-refractivity contribution in [1.82, 2.24) is 14.5 Å². The highest BCUT2D eigenvalue weighted by molar-refractivity contribution is 5.75. The normalized spacial score (nSPS) is 11.5. The number of aromatic nitrogens is 2. The van der Waals surface area contributed by atoms with Crippen LogP contribution in [0.1, 0.15) is 12.5 Å². The van der Waals surface area contributed by atoms with E-state index in [1.165, 1.54) is 11.1 Å². The summed E-state index contributed by atoms with van der Waals surface area (Å²) in [5.74, 6) is 0. The Labute approximate surface area is 96.7 Å². The second-order valence-electron chi connectivity index (χ2n) is 4.32. The Morgan fingerprint density at radius 1 is 1.38 bits per heavy atom. The van der Waals surface area contributed by atoms with Crippen LogP contribution in [0.5, 0.6) is 0 Å². The molecule has 0 spiro atoms. The molecule has 16 heavy (non-hydrogen) atoms. The van der Waals surface area contributed by atoms with E-state index in [1.807, 2.05) is 13.4 Å². The number of hydrogen-bond acceptors (Lipinski definition) is 2. The van der Waals surface area contributed by atoms with Gasteiger partial charge in [0.2, 0.25) is 0 Å². The van der Waals surface area contributed by atoms with Crippen LogP contribution in [0.25, 0.3) is 11.0 Å². The molecular weight excluding hydrogens is 198 g/mol. The molecule has 0 aliphatic carbocycles. The number of hydrogen-bond donors (Lipinski definition) is 0. The van der Waals surface area contributed by atoms with Crippen LogP contribution in [-0.4, -0.2) is 34.6 Å². The summed E-state index contributed by atoms with van der Waals surface area (Å²) < 4.78 is 2.05. The number of fused-ring (bicyclic) bond motifs is 1. The smallest absolute Gasteiger partial charge is 0.0955 e. The van der Waals surface area contributed by atoms with E-state index in [0.29, 0.717) is 0 Å². The first kappa shape index (κ1) is 11.1. The third kappa shape index (κ3) is 2.25. The zero-order chi connectivity index (χ0) is 11.5. The maximum atomic E-state index is 4.38. The molecule has 0 aliphatic heterocycles. The predicted octanol–water partition coefficient (Wildman–Crippen LogP) is 2.07. The molecule has 1 heterocycles. The van der Waals surface area contributed by atoms with Crippen LogP contribution in [0.15, 0.2) is 24.5 Å². The third-order valence-corrected chi connectivity index (χ3v) is 3.11. The molecule has 0 unspecified atom stereocenters. The minimum Gasteiger partial charge on any atom is -0.334 e. The molecule has 1 aromatic heterocycles. The van der Waals surface area contributed by atoms with E-state index >= 15 is 0 Å². The van der Waals surface area contributed by atoms with Gasteiger partial charge < -0.3 is 9.47 Å². The van der Waals surface area contributed by atoms with Gasteiger partial charge in [-0.3, -0.25) is 0 Å². The third-order valence-electron chi connectivity index (χ3n) is 3.11. The molecule has 0 saturated heterocycles. The summed E-state index contributed by atoms with van der Waals surface area (Å²) in [5.41, 5.74) is 3.67. The SMILES string of the molecule is CCN(C)CCc1ccc2c(c1)ncn2C. The van der Waals surface area contributed by atoms with Crippen LogP contribution in [0.3, 0.4) is 0 Å². The van der Waals surface area contributed by atoms with Gasteiger partial charge in [-0.1, -0.05) is 13.0 Å². The summed E-state index contributed by atoms with van der Waals surface area (Å²) in [6.45, 7) is 4.39. The Kier molecular flexibility index (Phi) is 3.25. The van der Waals surface area contributed by atoms with Crippen LogP contribution < -0.4 is 0 Å². The van der Waals surface area contributed by atoms with Crippen molar-refractivity contribution in [3.63, 3.8) is 0 Å². The molecule has 86 valence electrons. The Morgan fingerprint density at radius 3 is 2.94 bits per heavy atom. The van der Waals surface area contributed by atoms with Crippen molar-refractivity contribution in [3.05, 3.63) is 30.1 Å². The molecule has 3 heteroatoms. The summed E-state index contributed by atoms with van der Waals surface area (Å²) in [4.78, 5) is 6.70. The van der Waals surface area contributed by atoms with Gasteiger partial charge in [-0.2, -0.15) is 0 Å². The van der Waals surface area contributed by atoms with Crippen LogP contribution in [0.2, 0.25) is 0 Å². The quantitative estimate of drug-likeness (QED) is 0.781. The van der Waals surface area contributed by atoms with Crippen LogP contribution in [-0.2, 0) is 13.5 Å². The van der Waals surface area contributed by atoms with Gasteiger partial charge in [0.05, 0.1) is 17.4 Å². The first-order chi connectivity index (χ1) is 7.70. The molecule has 2 aromatic rings. The Bertz CT molecular complexity index is 473. The summed E-state index contributed by atoms with van der Waals surface area (Å²) in [6.07, 6.45) is 2.96. The fourth-order valence-electron chi connectivity index (χ4n) is 1.82. The molecule has 0 aliphatic rings. The van der Waals surface area contributed by atoms with Gasteiger partial charge in [0, 0.05) is 13.6 Å². The number of imidazole rings is 1. The number of aryl methyl sites for hydroxylation is 1. The molecule has 3 nitrogen and oxygen atoms in total. The van der Waals surface area contributed by atoms with Gasteiger partial charge in [-0.25, -0.2) is 4.98 Å². The molecule has 0 atom stereocenters. The zero-order valence-electron chi connectivity index (χ0n) is 10.3. The lowest BCUT2D eigenvalue weighted by Gasteiger charge is -2.13. The molecular formula is C13H19N3. The highest BCUT2D eigenvalue weighted by atomic mass is 15.1. The van der Waals surface area contributed by atoms with Gasteiger partial charge in [0.1, 0.15) is 0 Å². The first-order valence-corrected chi connectivity index (χ1v) is 5.79. The lowest BCUT2D eigenvalue weighted by atomic mass is 10.1. The highest BCUT2D eigenvalue weighted by Gasteiger charge is 2.02. The monoisotopic (exact) mass is 217 g/mol. The highest BCUT2D eigenvalue weighted by Crippen LogP contribution is 2.14. The number of nitrogens with zero attached hydrogens (tertiary/aromatic N) is 3. The van der Waals surface area contributed by atoms with Gasteiger partial charge in [0.25, 0.3) is 0 Å². The minimum atomic E-state index is 1.09. The van der Waals surface area contributed by atoms with Gasteiger partial charge in [-0.05, 0) is 37.7 Å². The van der Waals surface area contributed by atoms with Crippen molar-refractivity contribution in [1.29, 1.82) is 0 Å². The Morgan fingerprint density at radius 2 is 2.19 bits per heavy atom. The Hall–Kier alpha value is -1.35. The molecule has 0 fully saturated rings. The van der Waals surface area contributed by atoms with E-state index < -0.39 is 0 Å². The van der Waals surface area contributed by atoms with Crippen molar-refractivity contribution in [2.75, 3.05) is 20.1 Å².